The van der Waals surface area contributed by atoms with Crippen LogP contribution < -0.4 is 5.32 Å². The lowest BCUT2D eigenvalue weighted by Crippen LogP contribution is -2.53. The van der Waals surface area contributed by atoms with Gasteiger partial charge in [-0.15, -0.1) is 0 Å². The fourth-order valence-electron chi connectivity index (χ4n) is 4.37. The summed E-state index contributed by atoms with van der Waals surface area (Å²) in [4.78, 5) is 15.0. The quantitative estimate of drug-likeness (QED) is 0.791. The molecule has 0 radical (unpaired) electrons. The van der Waals surface area contributed by atoms with Crippen molar-refractivity contribution in [1.29, 1.82) is 0 Å². The highest BCUT2D eigenvalue weighted by atomic mass is 16.5. The van der Waals surface area contributed by atoms with Crippen molar-refractivity contribution in [3.05, 3.63) is 0 Å². The number of esters is 1. The third-order valence-electron chi connectivity index (χ3n) is 5.08. The normalized spacial score (nSPS) is 37.6. The minimum atomic E-state index is -0.445. The van der Waals surface area contributed by atoms with E-state index in [0.29, 0.717) is 12.6 Å². The molecule has 122 valence electrons. The van der Waals surface area contributed by atoms with Crippen molar-refractivity contribution < 1.29 is 9.53 Å². The first-order chi connectivity index (χ1) is 10.0. The van der Waals surface area contributed by atoms with E-state index in [0.717, 1.165) is 37.6 Å². The Labute approximate surface area is 129 Å². The highest BCUT2D eigenvalue weighted by molar-refractivity contribution is 5.81. The lowest BCUT2D eigenvalue weighted by Gasteiger charge is -2.39. The predicted molar refractivity (Wildman–Crippen MR) is 85.2 cm³/mol. The average Bonchev–Trinajstić information content (AvgIpc) is 2.84. The Bertz CT molecular complexity index is 351. The number of rotatable bonds is 5. The summed E-state index contributed by atoms with van der Waals surface area (Å²) in [5.74, 6) is 1.49. The Morgan fingerprint density at radius 1 is 1.29 bits per heavy atom. The molecule has 21 heavy (non-hydrogen) atoms. The van der Waals surface area contributed by atoms with Crippen molar-refractivity contribution in [2.75, 3.05) is 26.2 Å². The molecule has 0 aromatic heterocycles. The summed E-state index contributed by atoms with van der Waals surface area (Å²) in [6.07, 6.45) is 4.24. The lowest BCUT2D eigenvalue weighted by molar-refractivity contribution is -0.151. The summed E-state index contributed by atoms with van der Waals surface area (Å²) in [6.45, 7) is 12.3. The molecule has 2 aliphatic rings. The summed E-state index contributed by atoms with van der Waals surface area (Å²) in [7, 11) is 0. The van der Waals surface area contributed by atoms with Gasteiger partial charge in [0, 0.05) is 19.1 Å². The molecule has 4 unspecified atom stereocenters. The van der Waals surface area contributed by atoms with E-state index in [9.17, 15) is 4.79 Å². The van der Waals surface area contributed by atoms with Gasteiger partial charge >= 0.3 is 5.97 Å². The minimum Gasteiger partial charge on any atom is -0.465 e. The van der Waals surface area contributed by atoms with Gasteiger partial charge in [-0.1, -0.05) is 20.8 Å². The van der Waals surface area contributed by atoms with Crippen LogP contribution in [-0.2, 0) is 9.53 Å². The first-order valence-electron chi connectivity index (χ1n) is 8.67. The maximum absolute atomic E-state index is 12.4. The second-order valence-electron chi connectivity index (χ2n) is 7.13. The zero-order valence-electron chi connectivity index (χ0n) is 14.2. The molecule has 4 atom stereocenters. The van der Waals surface area contributed by atoms with Crippen molar-refractivity contribution in [2.24, 2.45) is 11.8 Å². The van der Waals surface area contributed by atoms with Crippen LogP contribution in [0.15, 0.2) is 0 Å². The molecule has 1 saturated carbocycles. The Morgan fingerprint density at radius 3 is 2.52 bits per heavy atom. The number of likely N-dealkylation sites (tertiary alicyclic amines) is 1. The fourth-order valence-corrected chi connectivity index (χ4v) is 4.37. The number of hydrogen-bond acceptors (Lipinski definition) is 4. The first-order valence-corrected chi connectivity index (χ1v) is 8.67. The Morgan fingerprint density at radius 2 is 1.95 bits per heavy atom. The van der Waals surface area contributed by atoms with Crippen LogP contribution in [0, 0.1) is 11.8 Å². The van der Waals surface area contributed by atoms with E-state index in [-0.39, 0.29) is 5.97 Å². The minimum absolute atomic E-state index is 0.0487. The van der Waals surface area contributed by atoms with E-state index in [2.05, 4.69) is 31.0 Å². The average molecular weight is 296 g/mol. The topological polar surface area (TPSA) is 41.6 Å². The molecule has 0 spiro atoms. The zero-order valence-corrected chi connectivity index (χ0v) is 14.2. The van der Waals surface area contributed by atoms with Crippen molar-refractivity contribution in [3.63, 3.8) is 0 Å². The van der Waals surface area contributed by atoms with Gasteiger partial charge in [0.05, 0.1) is 6.61 Å². The number of ether oxygens (including phenoxy) is 1. The van der Waals surface area contributed by atoms with Crippen LogP contribution >= 0.6 is 0 Å². The molecule has 0 amide bonds. The predicted octanol–water partition coefficient (Wildman–Crippen LogP) is 2.43. The van der Waals surface area contributed by atoms with Crippen LogP contribution in [0.5, 0.6) is 0 Å². The maximum atomic E-state index is 12.4. The van der Waals surface area contributed by atoms with Gasteiger partial charge in [0.1, 0.15) is 5.54 Å². The van der Waals surface area contributed by atoms with Gasteiger partial charge < -0.3 is 10.1 Å². The first kappa shape index (κ1) is 16.8. The molecule has 4 nitrogen and oxygen atoms in total. The van der Waals surface area contributed by atoms with Gasteiger partial charge in [-0.05, 0) is 51.0 Å². The molecule has 0 bridgehead atoms. The van der Waals surface area contributed by atoms with E-state index in [4.69, 9.17) is 4.74 Å². The summed E-state index contributed by atoms with van der Waals surface area (Å²) in [6, 6.07) is 0.527. The van der Waals surface area contributed by atoms with Crippen LogP contribution in [0.3, 0.4) is 0 Å². The van der Waals surface area contributed by atoms with Crippen molar-refractivity contribution >= 4 is 5.97 Å². The van der Waals surface area contributed by atoms with Gasteiger partial charge in [-0.3, -0.25) is 9.69 Å². The highest BCUT2D eigenvalue weighted by Crippen LogP contribution is 2.36. The smallest absolute Gasteiger partial charge is 0.326 e. The lowest BCUT2D eigenvalue weighted by atomic mass is 9.90. The fraction of sp³-hybridized carbons (Fsp3) is 0.941. The van der Waals surface area contributed by atoms with Crippen molar-refractivity contribution in [3.8, 4) is 0 Å². The Hall–Kier alpha value is -0.610. The molecule has 2 rings (SSSR count). The van der Waals surface area contributed by atoms with Crippen molar-refractivity contribution in [1.82, 2.24) is 10.2 Å². The summed E-state index contributed by atoms with van der Waals surface area (Å²) in [5, 5.41) is 3.43. The number of carbonyl (C=O) groups excluding carboxylic acids is 1. The third kappa shape index (κ3) is 3.78. The van der Waals surface area contributed by atoms with Gasteiger partial charge in [0.25, 0.3) is 0 Å². The summed E-state index contributed by atoms with van der Waals surface area (Å²) < 4.78 is 5.34. The molecule has 2 fully saturated rings. The second-order valence-corrected chi connectivity index (χ2v) is 7.13. The maximum Gasteiger partial charge on any atom is 0.326 e. The van der Waals surface area contributed by atoms with Gasteiger partial charge in [0.15, 0.2) is 0 Å². The Balaban J connectivity index is 2.03. The van der Waals surface area contributed by atoms with Crippen LogP contribution in [0.1, 0.15) is 53.4 Å². The molecule has 1 aliphatic carbocycles. The van der Waals surface area contributed by atoms with Crippen molar-refractivity contribution in [2.45, 2.75) is 65.0 Å². The van der Waals surface area contributed by atoms with E-state index >= 15 is 0 Å². The molecular formula is C17H32N2O2. The van der Waals surface area contributed by atoms with Gasteiger partial charge in [-0.2, -0.15) is 0 Å². The number of nitrogens with one attached hydrogen (secondary N) is 1. The molecule has 0 aromatic rings. The molecule has 1 heterocycles. The molecule has 0 aromatic carbocycles. The molecular weight excluding hydrogens is 264 g/mol. The number of carbonyl (C=O) groups is 1. The SMILES string of the molecule is CCNC1(C(=O)OCC)CCC(N2CC(C)CC(C)C2)C1. The van der Waals surface area contributed by atoms with E-state index in [1.165, 1.54) is 19.5 Å². The highest BCUT2D eigenvalue weighted by Gasteiger charge is 2.47. The van der Waals surface area contributed by atoms with Crippen LogP contribution in [-0.4, -0.2) is 48.7 Å². The number of nitrogens with zero attached hydrogens (tertiary/aromatic N) is 1. The third-order valence-corrected chi connectivity index (χ3v) is 5.08. The van der Waals surface area contributed by atoms with Crippen LogP contribution in [0.25, 0.3) is 0 Å². The molecule has 1 saturated heterocycles. The van der Waals surface area contributed by atoms with E-state index < -0.39 is 5.54 Å². The van der Waals surface area contributed by atoms with E-state index in [1.807, 2.05) is 6.92 Å². The number of likely N-dealkylation sites (N-methyl/N-ethyl adjacent to an activating group) is 1. The Kier molecular flexibility index (Phi) is 5.67. The number of hydrogen-bond donors (Lipinski definition) is 1. The molecule has 1 aliphatic heterocycles. The van der Waals surface area contributed by atoms with Crippen LogP contribution in [0.2, 0.25) is 0 Å². The molecule has 1 N–H and O–H groups in total. The van der Waals surface area contributed by atoms with Gasteiger partial charge in [-0.25, -0.2) is 0 Å². The summed E-state index contributed by atoms with van der Waals surface area (Å²) >= 11 is 0. The van der Waals surface area contributed by atoms with Crippen LogP contribution in [0.4, 0.5) is 0 Å². The van der Waals surface area contributed by atoms with E-state index in [1.54, 1.807) is 0 Å². The molecule has 4 heteroatoms. The standard InChI is InChI=1S/C17H32N2O2/c1-5-18-17(16(20)21-6-2)8-7-15(10-17)19-11-13(3)9-14(4)12-19/h13-15,18H,5-12H2,1-4H3. The zero-order chi connectivity index (χ0) is 15.5. The number of piperidine rings is 1. The summed E-state index contributed by atoms with van der Waals surface area (Å²) in [5.41, 5.74) is -0.445. The largest absolute Gasteiger partial charge is 0.465 e. The second kappa shape index (κ2) is 7.10. The monoisotopic (exact) mass is 296 g/mol. The van der Waals surface area contributed by atoms with Gasteiger partial charge in [0.2, 0.25) is 0 Å².